The molecule has 0 saturated heterocycles. The molecule has 0 bridgehead atoms. The molecule has 29 heavy (non-hydrogen) atoms. The summed E-state index contributed by atoms with van der Waals surface area (Å²) in [7, 11) is 0. The molecule has 4 aromatic rings. The number of thiophene rings is 1. The number of rotatable bonds is 6. The quantitative estimate of drug-likeness (QED) is 0.533. The van der Waals surface area contributed by atoms with Gasteiger partial charge >= 0.3 is 0 Å². The topological polar surface area (TPSA) is 88.1 Å². The molecule has 0 aliphatic heterocycles. The summed E-state index contributed by atoms with van der Waals surface area (Å²) in [6, 6.07) is 18.4. The van der Waals surface area contributed by atoms with Crippen molar-refractivity contribution in [2.24, 2.45) is 0 Å². The second kappa shape index (κ2) is 8.27. The van der Waals surface area contributed by atoms with Crippen LogP contribution in [-0.2, 0) is 6.54 Å². The molecule has 6 nitrogen and oxygen atoms in total. The molecule has 0 amide bonds. The minimum Gasteiger partial charge on any atom is -0.491 e. The molecule has 0 aliphatic rings. The Morgan fingerprint density at radius 2 is 1.93 bits per heavy atom. The van der Waals surface area contributed by atoms with Crippen LogP contribution in [0.3, 0.4) is 0 Å². The van der Waals surface area contributed by atoms with E-state index in [9.17, 15) is 9.90 Å². The van der Waals surface area contributed by atoms with Crippen LogP contribution in [0.25, 0.3) is 21.3 Å². The number of aliphatic hydroxyl groups is 1. The van der Waals surface area contributed by atoms with Gasteiger partial charge in [-0.1, -0.05) is 30.3 Å². The van der Waals surface area contributed by atoms with Crippen molar-refractivity contribution in [2.75, 3.05) is 6.61 Å². The van der Waals surface area contributed by atoms with E-state index in [1.807, 2.05) is 41.8 Å². The highest BCUT2D eigenvalue weighted by atomic mass is 32.1. The zero-order chi connectivity index (χ0) is 20.2. The fourth-order valence-corrected chi connectivity index (χ4v) is 3.93. The summed E-state index contributed by atoms with van der Waals surface area (Å²) in [5.74, 6) is 0.549. The third-order valence-corrected chi connectivity index (χ3v) is 5.37. The van der Waals surface area contributed by atoms with Crippen molar-refractivity contribution in [1.82, 2.24) is 9.55 Å². The summed E-state index contributed by atoms with van der Waals surface area (Å²) >= 11 is 1.43. The zero-order valence-electron chi connectivity index (χ0n) is 15.4. The molecule has 0 unspecified atom stereocenters. The molecular formula is C22H17N3O3S. The number of fused-ring (bicyclic) bond motifs is 1. The van der Waals surface area contributed by atoms with Crippen molar-refractivity contribution < 1.29 is 9.84 Å². The van der Waals surface area contributed by atoms with Gasteiger partial charge in [0.15, 0.2) is 0 Å². The minimum absolute atomic E-state index is 0.0194. The van der Waals surface area contributed by atoms with Crippen molar-refractivity contribution in [3.63, 3.8) is 0 Å². The van der Waals surface area contributed by atoms with Gasteiger partial charge in [-0.3, -0.25) is 9.36 Å². The Balaban J connectivity index is 1.52. The second-order valence-corrected chi connectivity index (χ2v) is 7.36. The lowest BCUT2D eigenvalue weighted by Gasteiger charge is -2.14. The van der Waals surface area contributed by atoms with Gasteiger partial charge in [0.05, 0.1) is 29.9 Å². The molecule has 1 atom stereocenters. The number of benzene rings is 2. The standard InChI is InChI=1S/C22H17N3O3S/c23-10-15-6-8-18(9-7-15)28-12-17(26)11-25-14-24-21-20(22(25)27)19(13-29-21)16-4-2-1-3-5-16/h1-9,13-14,17,26H,11-12H2/t17-/m0/s1. The maximum atomic E-state index is 13.0. The van der Waals surface area contributed by atoms with Crippen molar-refractivity contribution in [3.8, 4) is 22.9 Å². The fourth-order valence-electron chi connectivity index (χ4n) is 3.03. The summed E-state index contributed by atoms with van der Waals surface area (Å²) in [5, 5.41) is 21.6. The number of aromatic nitrogens is 2. The van der Waals surface area contributed by atoms with E-state index in [-0.39, 0.29) is 18.7 Å². The molecule has 7 heteroatoms. The summed E-state index contributed by atoms with van der Waals surface area (Å²) in [6.07, 6.45) is 0.572. The van der Waals surface area contributed by atoms with Gasteiger partial charge in [-0.15, -0.1) is 11.3 Å². The van der Waals surface area contributed by atoms with Crippen LogP contribution >= 0.6 is 11.3 Å². The van der Waals surface area contributed by atoms with E-state index in [1.54, 1.807) is 24.3 Å². The Labute approximate surface area is 170 Å². The van der Waals surface area contributed by atoms with Gasteiger partial charge in [0.1, 0.15) is 23.3 Å². The van der Waals surface area contributed by atoms with Gasteiger partial charge in [-0.05, 0) is 29.8 Å². The van der Waals surface area contributed by atoms with E-state index in [4.69, 9.17) is 10.00 Å². The van der Waals surface area contributed by atoms with Gasteiger partial charge in [0.2, 0.25) is 0 Å². The summed E-state index contributed by atoms with van der Waals surface area (Å²) in [6.45, 7) is 0.0910. The molecule has 0 saturated carbocycles. The Hall–Kier alpha value is -3.47. The van der Waals surface area contributed by atoms with E-state index < -0.39 is 6.10 Å². The highest BCUT2D eigenvalue weighted by Gasteiger charge is 2.15. The molecule has 0 spiro atoms. The molecule has 2 aromatic carbocycles. The van der Waals surface area contributed by atoms with Gasteiger partial charge < -0.3 is 9.84 Å². The first-order valence-corrected chi connectivity index (χ1v) is 9.87. The summed E-state index contributed by atoms with van der Waals surface area (Å²) < 4.78 is 6.96. The highest BCUT2D eigenvalue weighted by Crippen LogP contribution is 2.30. The lowest BCUT2D eigenvalue weighted by molar-refractivity contribution is 0.0915. The number of nitriles is 1. The number of aliphatic hydroxyl groups excluding tert-OH is 1. The van der Waals surface area contributed by atoms with Gasteiger partial charge in [0, 0.05) is 10.9 Å². The Morgan fingerprint density at radius 1 is 1.17 bits per heavy atom. The lowest BCUT2D eigenvalue weighted by atomic mass is 10.1. The molecule has 1 N–H and O–H groups in total. The van der Waals surface area contributed by atoms with Gasteiger partial charge in [0.25, 0.3) is 5.56 Å². The maximum absolute atomic E-state index is 13.0. The van der Waals surface area contributed by atoms with Gasteiger partial charge in [-0.25, -0.2) is 4.98 Å². The minimum atomic E-state index is -0.888. The molecule has 0 aliphatic carbocycles. The summed E-state index contributed by atoms with van der Waals surface area (Å²) in [4.78, 5) is 18.1. The van der Waals surface area contributed by atoms with Crippen LogP contribution in [0.5, 0.6) is 5.75 Å². The first-order chi connectivity index (χ1) is 14.2. The van der Waals surface area contributed by atoms with Gasteiger partial charge in [-0.2, -0.15) is 5.26 Å². The molecule has 0 fully saturated rings. The van der Waals surface area contributed by atoms with Crippen molar-refractivity contribution in [2.45, 2.75) is 12.6 Å². The molecule has 4 rings (SSSR count). The Kier molecular flexibility index (Phi) is 5.38. The first-order valence-electron chi connectivity index (χ1n) is 8.99. The van der Waals surface area contributed by atoms with Crippen molar-refractivity contribution >= 4 is 21.6 Å². The van der Waals surface area contributed by atoms with Crippen LogP contribution in [0.2, 0.25) is 0 Å². The predicted molar refractivity (Wildman–Crippen MR) is 112 cm³/mol. The Bertz CT molecular complexity index is 1220. The number of hydrogen-bond acceptors (Lipinski definition) is 6. The fraction of sp³-hybridized carbons (Fsp3) is 0.136. The van der Waals surface area contributed by atoms with E-state index >= 15 is 0 Å². The third kappa shape index (κ3) is 4.04. The zero-order valence-corrected chi connectivity index (χ0v) is 16.2. The van der Waals surface area contributed by atoms with E-state index in [0.29, 0.717) is 21.5 Å². The smallest absolute Gasteiger partial charge is 0.262 e. The molecule has 2 heterocycles. The average molecular weight is 403 g/mol. The predicted octanol–water partition coefficient (Wildman–Crippen LogP) is 3.44. The van der Waals surface area contributed by atoms with Crippen LogP contribution in [0.15, 0.2) is 71.1 Å². The van der Waals surface area contributed by atoms with Crippen LogP contribution < -0.4 is 10.3 Å². The average Bonchev–Trinajstić information content (AvgIpc) is 3.20. The van der Waals surface area contributed by atoms with E-state index in [2.05, 4.69) is 4.98 Å². The number of hydrogen-bond donors (Lipinski definition) is 1. The highest BCUT2D eigenvalue weighted by molar-refractivity contribution is 7.17. The van der Waals surface area contributed by atoms with Crippen molar-refractivity contribution in [3.05, 3.63) is 82.2 Å². The maximum Gasteiger partial charge on any atom is 0.262 e. The summed E-state index contributed by atoms with van der Waals surface area (Å²) in [5.41, 5.74) is 2.15. The first kappa shape index (κ1) is 18.9. The second-order valence-electron chi connectivity index (χ2n) is 6.50. The third-order valence-electron chi connectivity index (χ3n) is 4.48. The largest absolute Gasteiger partial charge is 0.491 e. The van der Waals surface area contributed by atoms with Crippen LogP contribution in [-0.4, -0.2) is 27.4 Å². The lowest BCUT2D eigenvalue weighted by Crippen LogP contribution is -2.30. The number of nitrogens with zero attached hydrogens (tertiary/aromatic N) is 3. The van der Waals surface area contributed by atoms with Crippen LogP contribution in [0.1, 0.15) is 5.56 Å². The van der Waals surface area contributed by atoms with Crippen LogP contribution in [0.4, 0.5) is 0 Å². The molecule has 2 aromatic heterocycles. The molecular weight excluding hydrogens is 386 g/mol. The molecule has 144 valence electrons. The normalized spacial score (nSPS) is 11.9. The van der Waals surface area contributed by atoms with E-state index in [1.165, 1.54) is 22.2 Å². The molecule has 0 radical (unpaired) electrons. The monoisotopic (exact) mass is 403 g/mol. The van der Waals surface area contributed by atoms with E-state index in [0.717, 1.165) is 11.1 Å². The number of ether oxygens (including phenoxy) is 1. The SMILES string of the molecule is N#Cc1ccc(OC[C@@H](O)Cn2cnc3scc(-c4ccccc4)c3c2=O)cc1. The van der Waals surface area contributed by atoms with Crippen molar-refractivity contribution in [1.29, 1.82) is 5.26 Å². The Morgan fingerprint density at radius 3 is 2.66 bits per heavy atom. The van der Waals surface area contributed by atoms with Crippen LogP contribution in [0, 0.1) is 11.3 Å².